The normalized spacial score (nSPS) is 28.9. The Kier molecular flexibility index (Phi) is 5.24. The molecule has 3 unspecified atom stereocenters. The molecule has 112 valence electrons. The number of rotatable bonds is 4. The van der Waals surface area contributed by atoms with Gasteiger partial charge < -0.3 is 5.11 Å². The van der Waals surface area contributed by atoms with E-state index in [9.17, 15) is 23.1 Å². The van der Waals surface area contributed by atoms with Gasteiger partial charge in [-0.25, -0.2) is 0 Å². The predicted molar refractivity (Wildman–Crippen MR) is 65.8 cm³/mol. The quantitative estimate of drug-likeness (QED) is 0.860. The molecule has 0 amide bonds. The van der Waals surface area contributed by atoms with E-state index in [0.29, 0.717) is 12.8 Å². The molecule has 0 heterocycles. The van der Waals surface area contributed by atoms with Gasteiger partial charge in [0, 0.05) is 12.1 Å². The number of halogens is 3. The van der Waals surface area contributed by atoms with E-state index >= 15 is 0 Å². The standard InChI is InChI=1S/C13H22F3NO2/c1-8(2)17(7-13(14,15)16)11-6-9(3)4-5-10(11)12(18)19/h8-11H,4-7H2,1-3H3,(H,18,19). The Morgan fingerprint density at radius 2 is 1.95 bits per heavy atom. The second-order valence-electron chi connectivity index (χ2n) is 5.81. The molecule has 19 heavy (non-hydrogen) atoms. The van der Waals surface area contributed by atoms with Gasteiger partial charge in [0.15, 0.2) is 0 Å². The molecule has 0 aromatic carbocycles. The summed E-state index contributed by atoms with van der Waals surface area (Å²) >= 11 is 0. The third-order valence-electron chi connectivity index (χ3n) is 3.85. The molecule has 1 fully saturated rings. The number of carbonyl (C=O) groups is 1. The molecule has 0 aliphatic heterocycles. The number of aliphatic carboxylic acids is 1. The van der Waals surface area contributed by atoms with E-state index in [-0.39, 0.29) is 12.0 Å². The highest BCUT2D eigenvalue weighted by atomic mass is 19.4. The topological polar surface area (TPSA) is 40.5 Å². The van der Waals surface area contributed by atoms with Gasteiger partial charge >= 0.3 is 12.1 Å². The van der Waals surface area contributed by atoms with Gasteiger partial charge in [0.1, 0.15) is 0 Å². The molecular formula is C13H22F3NO2. The molecule has 0 aromatic heterocycles. The first-order chi connectivity index (χ1) is 8.61. The van der Waals surface area contributed by atoms with Gasteiger partial charge in [-0.3, -0.25) is 9.69 Å². The van der Waals surface area contributed by atoms with Crippen LogP contribution in [0.3, 0.4) is 0 Å². The summed E-state index contributed by atoms with van der Waals surface area (Å²) in [6.07, 6.45) is -2.55. The van der Waals surface area contributed by atoms with E-state index in [0.717, 1.165) is 6.42 Å². The van der Waals surface area contributed by atoms with Gasteiger partial charge in [-0.2, -0.15) is 13.2 Å². The lowest BCUT2D eigenvalue weighted by Crippen LogP contribution is -2.52. The SMILES string of the molecule is CC1CCC(C(=O)O)C(N(CC(F)(F)F)C(C)C)C1. The van der Waals surface area contributed by atoms with Gasteiger partial charge in [-0.15, -0.1) is 0 Å². The number of carboxylic acid groups (broad SMARTS) is 1. The Balaban J connectivity index is 2.92. The number of alkyl halides is 3. The number of nitrogens with zero attached hydrogens (tertiary/aromatic N) is 1. The monoisotopic (exact) mass is 281 g/mol. The third-order valence-corrected chi connectivity index (χ3v) is 3.85. The Labute approximate surface area is 111 Å². The van der Waals surface area contributed by atoms with Crippen molar-refractivity contribution in [1.82, 2.24) is 4.90 Å². The molecule has 0 saturated heterocycles. The summed E-state index contributed by atoms with van der Waals surface area (Å²) in [5, 5.41) is 9.22. The van der Waals surface area contributed by atoms with Crippen molar-refractivity contribution in [3.8, 4) is 0 Å². The lowest BCUT2D eigenvalue weighted by Gasteiger charge is -2.42. The summed E-state index contributed by atoms with van der Waals surface area (Å²) in [6, 6.07) is -0.846. The van der Waals surface area contributed by atoms with E-state index in [2.05, 4.69) is 0 Å². The molecule has 1 aliphatic carbocycles. The Bertz CT molecular complexity index is 318. The van der Waals surface area contributed by atoms with Crippen molar-refractivity contribution in [3.63, 3.8) is 0 Å². The zero-order chi connectivity index (χ0) is 14.8. The van der Waals surface area contributed by atoms with Crippen LogP contribution in [0.1, 0.15) is 40.0 Å². The number of carboxylic acids is 1. The maximum atomic E-state index is 12.7. The molecule has 1 N–H and O–H groups in total. The van der Waals surface area contributed by atoms with E-state index < -0.39 is 30.7 Å². The van der Waals surface area contributed by atoms with Gasteiger partial charge in [-0.1, -0.05) is 6.92 Å². The highest BCUT2D eigenvalue weighted by Crippen LogP contribution is 2.34. The maximum Gasteiger partial charge on any atom is 0.401 e. The molecule has 0 bridgehead atoms. The molecule has 1 aliphatic rings. The van der Waals surface area contributed by atoms with Crippen molar-refractivity contribution in [3.05, 3.63) is 0 Å². The van der Waals surface area contributed by atoms with Gasteiger partial charge in [0.25, 0.3) is 0 Å². The average Bonchev–Trinajstić information content (AvgIpc) is 2.23. The summed E-state index contributed by atoms with van der Waals surface area (Å²) in [4.78, 5) is 12.6. The Hall–Kier alpha value is -0.780. The minimum atomic E-state index is -4.30. The van der Waals surface area contributed by atoms with Crippen molar-refractivity contribution in [2.24, 2.45) is 11.8 Å². The van der Waals surface area contributed by atoms with Gasteiger partial charge in [0.2, 0.25) is 0 Å². The molecule has 0 radical (unpaired) electrons. The first-order valence-corrected chi connectivity index (χ1v) is 6.67. The maximum absolute atomic E-state index is 12.7. The van der Waals surface area contributed by atoms with E-state index in [1.807, 2.05) is 6.92 Å². The zero-order valence-electron chi connectivity index (χ0n) is 11.6. The van der Waals surface area contributed by atoms with Crippen molar-refractivity contribution in [2.45, 2.75) is 58.3 Å². The van der Waals surface area contributed by atoms with Crippen LogP contribution < -0.4 is 0 Å². The number of hydrogen-bond acceptors (Lipinski definition) is 2. The van der Waals surface area contributed by atoms with Gasteiger partial charge in [0.05, 0.1) is 12.5 Å². The van der Waals surface area contributed by atoms with Gasteiger partial charge in [-0.05, 0) is 39.0 Å². The minimum Gasteiger partial charge on any atom is -0.481 e. The highest BCUT2D eigenvalue weighted by molar-refractivity contribution is 5.71. The van der Waals surface area contributed by atoms with Crippen molar-refractivity contribution < 1.29 is 23.1 Å². The zero-order valence-corrected chi connectivity index (χ0v) is 11.6. The fraction of sp³-hybridized carbons (Fsp3) is 0.923. The smallest absolute Gasteiger partial charge is 0.401 e. The summed E-state index contributed by atoms with van der Waals surface area (Å²) in [5.74, 6) is -1.40. The second kappa shape index (κ2) is 6.11. The Morgan fingerprint density at radius 1 is 1.37 bits per heavy atom. The molecule has 0 spiro atoms. The Morgan fingerprint density at radius 3 is 2.37 bits per heavy atom. The molecule has 1 rings (SSSR count). The van der Waals surface area contributed by atoms with Crippen LogP contribution in [0.25, 0.3) is 0 Å². The summed E-state index contributed by atoms with van der Waals surface area (Å²) in [6.45, 7) is 4.30. The van der Waals surface area contributed by atoms with Crippen LogP contribution in [0.2, 0.25) is 0 Å². The average molecular weight is 281 g/mol. The molecular weight excluding hydrogens is 259 g/mol. The molecule has 0 aromatic rings. The van der Waals surface area contributed by atoms with Crippen LogP contribution in [0.4, 0.5) is 13.2 Å². The lowest BCUT2D eigenvalue weighted by molar-refractivity contribution is -0.167. The largest absolute Gasteiger partial charge is 0.481 e. The second-order valence-corrected chi connectivity index (χ2v) is 5.81. The van der Waals surface area contributed by atoms with Crippen LogP contribution in [0.5, 0.6) is 0 Å². The first kappa shape index (κ1) is 16.3. The third kappa shape index (κ3) is 4.67. The van der Waals surface area contributed by atoms with Crippen LogP contribution in [-0.2, 0) is 4.79 Å². The fourth-order valence-electron chi connectivity index (χ4n) is 2.90. The fourth-order valence-corrected chi connectivity index (χ4v) is 2.90. The van der Waals surface area contributed by atoms with E-state index in [1.165, 1.54) is 4.90 Å². The number of hydrogen-bond donors (Lipinski definition) is 1. The molecule has 3 atom stereocenters. The van der Waals surface area contributed by atoms with Crippen LogP contribution in [0, 0.1) is 11.8 Å². The molecule has 6 heteroatoms. The highest BCUT2D eigenvalue weighted by Gasteiger charge is 2.42. The first-order valence-electron chi connectivity index (χ1n) is 6.67. The predicted octanol–water partition coefficient (Wildman–Crippen LogP) is 3.15. The summed E-state index contributed by atoms with van der Waals surface area (Å²) in [5.41, 5.74) is 0. The van der Waals surface area contributed by atoms with E-state index in [1.54, 1.807) is 13.8 Å². The van der Waals surface area contributed by atoms with Crippen LogP contribution in [-0.4, -0.2) is 40.8 Å². The summed E-state index contributed by atoms with van der Waals surface area (Å²) < 4.78 is 38.0. The molecule has 1 saturated carbocycles. The van der Waals surface area contributed by atoms with Crippen molar-refractivity contribution in [2.75, 3.05) is 6.54 Å². The molecule has 3 nitrogen and oxygen atoms in total. The summed E-state index contributed by atoms with van der Waals surface area (Å²) in [7, 11) is 0. The van der Waals surface area contributed by atoms with Crippen molar-refractivity contribution >= 4 is 5.97 Å². The lowest BCUT2D eigenvalue weighted by atomic mass is 9.78. The van der Waals surface area contributed by atoms with Crippen molar-refractivity contribution in [1.29, 1.82) is 0 Å². The minimum absolute atomic E-state index is 0.273. The van der Waals surface area contributed by atoms with Crippen LogP contribution >= 0.6 is 0 Å². The van der Waals surface area contributed by atoms with Crippen LogP contribution in [0.15, 0.2) is 0 Å². The van der Waals surface area contributed by atoms with E-state index in [4.69, 9.17) is 0 Å².